The van der Waals surface area contributed by atoms with Crippen LogP contribution in [0.1, 0.15) is 26.3 Å². The first-order valence-electron chi connectivity index (χ1n) is 12.1. The highest BCUT2D eigenvalue weighted by atomic mass is 32.2. The van der Waals surface area contributed by atoms with Crippen LogP contribution in [0, 0.1) is 0 Å². The van der Waals surface area contributed by atoms with Gasteiger partial charge < -0.3 is 0 Å². The fourth-order valence-corrected chi connectivity index (χ4v) is 6.05. The summed E-state index contributed by atoms with van der Waals surface area (Å²) in [5.41, 5.74) is 4.01. The number of pyridine rings is 1. The molecule has 0 aliphatic heterocycles. The molecule has 0 fully saturated rings. The molecule has 2 heteroatoms. The van der Waals surface area contributed by atoms with E-state index in [-0.39, 0.29) is 5.41 Å². The van der Waals surface area contributed by atoms with Crippen LogP contribution in [-0.2, 0) is 5.41 Å². The summed E-state index contributed by atoms with van der Waals surface area (Å²) in [5.74, 6) is 0. The van der Waals surface area contributed by atoms with Gasteiger partial charge in [-0.3, -0.25) is 4.98 Å². The second-order valence-corrected chi connectivity index (χ2v) is 11.2. The SMILES string of the molecule is CC(C)(C)c1ccc(Sc2c3ccccc3c(-c3cccc4ccccc34)c3cnccc23)cc1. The zero-order valence-electron chi connectivity index (χ0n) is 20.2. The van der Waals surface area contributed by atoms with E-state index in [1.165, 1.54) is 58.8 Å². The van der Waals surface area contributed by atoms with Crippen molar-refractivity contribution in [1.29, 1.82) is 0 Å². The highest BCUT2D eigenvalue weighted by Crippen LogP contribution is 2.46. The van der Waals surface area contributed by atoms with Crippen LogP contribution >= 0.6 is 11.8 Å². The minimum absolute atomic E-state index is 0.147. The van der Waals surface area contributed by atoms with Gasteiger partial charge in [0.2, 0.25) is 0 Å². The van der Waals surface area contributed by atoms with Crippen molar-refractivity contribution >= 4 is 44.1 Å². The highest BCUT2D eigenvalue weighted by Gasteiger charge is 2.18. The molecule has 1 heterocycles. The van der Waals surface area contributed by atoms with Gasteiger partial charge in [-0.1, -0.05) is 111 Å². The van der Waals surface area contributed by atoms with Crippen LogP contribution in [0.4, 0.5) is 0 Å². The molecule has 0 spiro atoms. The van der Waals surface area contributed by atoms with Crippen LogP contribution in [-0.4, -0.2) is 4.98 Å². The number of hydrogen-bond acceptors (Lipinski definition) is 2. The van der Waals surface area contributed by atoms with E-state index in [2.05, 4.69) is 123 Å². The molecule has 0 bridgehead atoms. The first-order valence-corrected chi connectivity index (χ1v) is 12.9. The lowest BCUT2D eigenvalue weighted by Crippen LogP contribution is -2.10. The quantitative estimate of drug-likeness (QED) is 0.239. The Morgan fingerprint density at radius 1 is 0.600 bits per heavy atom. The molecule has 170 valence electrons. The van der Waals surface area contributed by atoms with E-state index < -0.39 is 0 Å². The maximum Gasteiger partial charge on any atom is 0.0353 e. The molecule has 0 saturated carbocycles. The number of hydrogen-bond donors (Lipinski definition) is 0. The topological polar surface area (TPSA) is 12.9 Å². The van der Waals surface area contributed by atoms with Gasteiger partial charge in [0.25, 0.3) is 0 Å². The molecule has 5 aromatic carbocycles. The Hall–Kier alpha value is -3.62. The lowest BCUT2D eigenvalue weighted by atomic mass is 9.87. The van der Waals surface area contributed by atoms with Crippen LogP contribution in [0.2, 0.25) is 0 Å². The normalized spacial score (nSPS) is 12.0. The van der Waals surface area contributed by atoms with Gasteiger partial charge >= 0.3 is 0 Å². The summed E-state index contributed by atoms with van der Waals surface area (Å²) in [6, 6.07) is 35.2. The summed E-state index contributed by atoms with van der Waals surface area (Å²) < 4.78 is 0. The first kappa shape index (κ1) is 21.9. The Labute approximate surface area is 210 Å². The number of benzene rings is 5. The zero-order valence-corrected chi connectivity index (χ0v) is 21.1. The van der Waals surface area contributed by atoms with Crippen molar-refractivity contribution in [2.45, 2.75) is 36.0 Å². The van der Waals surface area contributed by atoms with Gasteiger partial charge in [0.15, 0.2) is 0 Å². The standard InChI is InChI=1S/C33H27NS/c1-33(2,3)23-15-17-24(18-16-23)35-32-28-13-7-6-12-27(28)31(30-21-34-20-19-29(30)32)26-14-8-10-22-9-4-5-11-25(22)26/h4-21H,1-3H3. The minimum atomic E-state index is 0.147. The third-order valence-corrected chi connectivity index (χ3v) is 7.93. The van der Waals surface area contributed by atoms with Gasteiger partial charge in [-0.05, 0) is 67.2 Å². The monoisotopic (exact) mass is 469 g/mol. The van der Waals surface area contributed by atoms with E-state index in [0.717, 1.165) is 0 Å². The molecule has 0 saturated heterocycles. The lowest BCUT2D eigenvalue weighted by molar-refractivity contribution is 0.590. The van der Waals surface area contributed by atoms with Crippen LogP contribution in [0.3, 0.4) is 0 Å². The maximum absolute atomic E-state index is 4.56. The van der Waals surface area contributed by atoms with Crippen molar-refractivity contribution in [3.8, 4) is 11.1 Å². The van der Waals surface area contributed by atoms with E-state index in [1.807, 2.05) is 24.2 Å². The van der Waals surface area contributed by atoms with E-state index >= 15 is 0 Å². The third-order valence-electron chi connectivity index (χ3n) is 6.78. The van der Waals surface area contributed by atoms with Gasteiger partial charge in [-0.15, -0.1) is 0 Å². The summed E-state index contributed by atoms with van der Waals surface area (Å²) in [6.45, 7) is 6.78. The Morgan fingerprint density at radius 3 is 2.03 bits per heavy atom. The largest absolute Gasteiger partial charge is 0.264 e. The van der Waals surface area contributed by atoms with Crippen LogP contribution in [0.15, 0.2) is 119 Å². The molecule has 6 aromatic rings. The molecular weight excluding hydrogens is 442 g/mol. The van der Waals surface area contributed by atoms with Gasteiger partial charge in [0.1, 0.15) is 0 Å². The Morgan fingerprint density at radius 2 is 1.26 bits per heavy atom. The van der Waals surface area contributed by atoms with Crippen molar-refractivity contribution in [2.24, 2.45) is 0 Å². The second kappa shape index (κ2) is 8.55. The lowest BCUT2D eigenvalue weighted by Gasteiger charge is -2.20. The van der Waals surface area contributed by atoms with E-state index in [4.69, 9.17) is 0 Å². The number of aromatic nitrogens is 1. The van der Waals surface area contributed by atoms with E-state index in [1.54, 1.807) is 0 Å². The Bertz CT molecular complexity index is 1630. The smallest absolute Gasteiger partial charge is 0.0353 e. The molecular formula is C33H27NS. The second-order valence-electron chi connectivity index (χ2n) is 10.1. The highest BCUT2D eigenvalue weighted by molar-refractivity contribution is 7.99. The fourth-order valence-electron chi connectivity index (χ4n) is 4.97. The van der Waals surface area contributed by atoms with E-state index in [0.29, 0.717) is 0 Å². The third kappa shape index (κ3) is 3.88. The van der Waals surface area contributed by atoms with Crippen LogP contribution in [0.5, 0.6) is 0 Å². The summed E-state index contributed by atoms with van der Waals surface area (Å²) in [4.78, 5) is 7.10. The molecule has 0 amide bonds. The summed E-state index contributed by atoms with van der Waals surface area (Å²) in [7, 11) is 0. The predicted octanol–water partition coefficient (Wildman–Crippen LogP) is 9.66. The molecule has 0 unspecified atom stereocenters. The first-order chi connectivity index (χ1) is 17.0. The van der Waals surface area contributed by atoms with E-state index in [9.17, 15) is 0 Å². The van der Waals surface area contributed by atoms with Gasteiger partial charge in [-0.2, -0.15) is 0 Å². The summed E-state index contributed by atoms with van der Waals surface area (Å²) >= 11 is 1.85. The van der Waals surface area contributed by atoms with Gasteiger partial charge in [-0.25, -0.2) is 0 Å². The Balaban J connectivity index is 1.62. The van der Waals surface area contributed by atoms with Crippen LogP contribution in [0.25, 0.3) is 43.4 Å². The molecule has 1 nitrogen and oxygen atoms in total. The molecule has 0 atom stereocenters. The average Bonchev–Trinajstić information content (AvgIpc) is 2.88. The number of nitrogens with zero attached hydrogens (tertiary/aromatic N) is 1. The molecule has 6 rings (SSSR count). The van der Waals surface area contributed by atoms with Gasteiger partial charge in [0, 0.05) is 27.6 Å². The molecule has 0 radical (unpaired) electrons. The van der Waals surface area contributed by atoms with Crippen molar-refractivity contribution in [3.05, 3.63) is 115 Å². The summed E-state index contributed by atoms with van der Waals surface area (Å²) in [5, 5.41) is 7.49. The minimum Gasteiger partial charge on any atom is -0.264 e. The van der Waals surface area contributed by atoms with Gasteiger partial charge in [0.05, 0.1) is 0 Å². The van der Waals surface area contributed by atoms with Crippen molar-refractivity contribution < 1.29 is 0 Å². The molecule has 1 aromatic heterocycles. The zero-order chi connectivity index (χ0) is 24.0. The molecule has 0 aliphatic carbocycles. The average molecular weight is 470 g/mol. The molecule has 0 aliphatic rings. The predicted molar refractivity (Wildman–Crippen MR) is 151 cm³/mol. The Kier molecular flexibility index (Phi) is 5.35. The summed E-state index contributed by atoms with van der Waals surface area (Å²) in [6.07, 6.45) is 3.95. The fraction of sp³-hybridized carbons (Fsp3) is 0.121. The van der Waals surface area contributed by atoms with Crippen molar-refractivity contribution in [1.82, 2.24) is 4.98 Å². The van der Waals surface area contributed by atoms with Crippen molar-refractivity contribution in [3.63, 3.8) is 0 Å². The number of fused-ring (bicyclic) bond motifs is 3. The molecule has 35 heavy (non-hydrogen) atoms. The van der Waals surface area contributed by atoms with Crippen LogP contribution < -0.4 is 0 Å². The molecule has 0 N–H and O–H groups in total. The maximum atomic E-state index is 4.56. The van der Waals surface area contributed by atoms with Crippen molar-refractivity contribution in [2.75, 3.05) is 0 Å². The number of rotatable bonds is 3.